The average molecular weight is 464 g/mol. The van der Waals surface area contributed by atoms with Crippen molar-refractivity contribution in [1.29, 1.82) is 5.26 Å². The molecule has 3 saturated heterocycles. The molecule has 1 aromatic carbocycles. The highest BCUT2D eigenvalue weighted by Crippen LogP contribution is 2.48. The Morgan fingerprint density at radius 3 is 2.65 bits per heavy atom. The number of piperazine rings is 1. The maximum atomic E-state index is 13.4. The molecule has 3 amide bonds. The van der Waals surface area contributed by atoms with Gasteiger partial charge in [0.1, 0.15) is 6.04 Å². The van der Waals surface area contributed by atoms with Crippen LogP contribution < -0.4 is 0 Å². The van der Waals surface area contributed by atoms with Crippen LogP contribution in [0.3, 0.4) is 0 Å². The molecule has 8 nitrogen and oxygen atoms in total. The van der Waals surface area contributed by atoms with E-state index in [0.717, 1.165) is 31.4 Å². The number of piperidine rings is 1. The Kier molecular flexibility index (Phi) is 5.64. The number of likely N-dealkylation sites (tertiary alicyclic amines) is 3. The summed E-state index contributed by atoms with van der Waals surface area (Å²) >= 11 is 0. The molecule has 4 fully saturated rings. The van der Waals surface area contributed by atoms with Gasteiger partial charge in [-0.2, -0.15) is 5.26 Å². The molecular formula is C26H33N5O3. The van der Waals surface area contributed by atoms with Crippen LogP contribution in [0.5, 0.6) is 0 Å². The topological polar surface area (TPSA) is 88.0 Å². The largest absolute Gasteiger partial charge is 0.345 e. The highest BCUT2D eigenvalue weighted by molar-refractivity contribution is 5.94. The van der Waals surface area contributed by atoms with Crippen LogP contribution in [-0.2, 0) is 9.59 Å². The first kappa shape index (κ1) is 22.9. The number of fused-ring (bicyclic) bond motifs is 3. The zero-order chi connectivity index (χ0) is 24.3. The van der Waals surface area contributed by atoms with Gasteiger partial charge in [0.2, 0.25) is 11.8 Å². The van der Waals surface area contributed by atoms with Gasteiger partial charge in [0.25, 0.3) is 5.91 Å². The molecule has 0 N–H and O–H groups in total. The zero-order valence-corrected chi connectivity index (χ0v) is 20.3. The van der Waals surface area contributed by atoms with Crippen molar-refractivity contribution in [2.45, 2.75) is 63.3 Å². The zero-order valence-electron chi connectivity index (χ0n) is 20.3. The minimum Gasteiger partial charge on any atom is -0.345 e. The number of nitriles is 1. The van der Waals surface area contributed by atoms with Crippen molar-refractivity contribution in [1.82, 2.24) is 19.6 Å². The molecule has 0 spiro atoms. The highest BCUT2D eigenvalue weighted by Gasteiger charge is 2.55. The first-order valence-electron chi connectivity index (χ1n) is 12.3. The molecule has 180 valence electrons. The first-order chi connectivity index (χ1) is 16.2. The Morgan fingerprint density at radius 2 is 1.97 bits per heavy atom. The molecule has 1 saturated carbocycles. The standard InChI is InChI=1S/C26H33N5O3/c1-15(24(32)31-20(12-27)9-19-10-22(19)31)13-29-14-21-11-23(29)26(34)30(21)16(2)17-6-5-7-18(8-17)25(33)28(3)4/h5-8,15-16,19-23H,9-11,13-14H2,1-4H3/t15-,16-,19+,20-,21-,22?,23-/m0/s1. The van der Waals surface area contributed by atoms with Crippen LogP contribution in [0.1, 0.15) is 55.1 Å². The van der Waals surface area contributed by atoms with Crippen molar-refractivity contribution in [2.75, 3.05) is 27.2 Å². The lowest BCUT2D eigenvalue weighted by Gasteiger charge is -2.38. The van der Waals surface area contributed by atoms with E-state index in [4.69, 9.17) is 0 Å². The summed E-state index contributed by atoms with van der Waals surface area (Å²) in [6, 6.07) is 9.58. The van der Waals surface area contributed by atoms with Crippen LogP contribution in [0.4, 0.5) is 0 Å². The third kappa shape index (κ3) is 3.67. The van der Waals surface area contributed by atoms with E-state index in [9.17, 15) is 19.6 Å². The number of hydrogen-bond acceptors (Lipinski definition) is 5. The Morgan fingerprint density at radius 1 is 1.21 bits per heavy atom. The number of rotatable bonds is 6. The van der Waals surface area contributed by atoms with Crippen molar-refractivity contribution in [3.63, 3.8) is 0 Å². The molecule has 8 heteroatoms. The summed E-state index contributed by atoms with van der Waals surface area (Å²) in [4.78, 5) is 46.4. The van der Waals surface area contributed by atoms with E-state index in [2.05, 4.69) is 11.0 Å². The molecule has 1 unspecified atom stereocenters. The fraction of sp³-hybridized carbons (Fsp3) is 0.615. The molecule has 3 heterocycles. The van der Waals surface area contributed by atoms with Crippen LogP contribution >= 0.6 is 0 Å². The molecule has 1 aromatic rings. The summed E-state index contributed by atoms with van der Waals surface area (Å²) in [5.41, 5.74) is 1.58. The summed E-state index contributed by atoms with van der Waals surface area (Å²) < 4.78 is 0. The molecule has 2 bridgehead atoms. The van der Waals surface area contributed by atoms with Gasteiger partial charge in [-0.3, -0.25) is 19.3 Å². The monoisotopic (exact) mass is 463 g/mol. The normalized spacial score (nSPS) is 31.3. The van der Waals surface area contributed by atoms with Crippen molar-refractivity contribution in [3.05, 3.63) is 35.4 Å². The summed E-state index contributed by atoms with van der Waals surface area (Å²) in [6.07, 6.45) is 2.61. The van der Waals surface area contributed by atoms with E-state index in [1.165, 1.54) is 0 Å². The molecule has 3 aliphatic heterocycles. The van der Waals surface area contributed by atoms with Gasteiger partial charge in [-0.25, -0.2) is 0 Å². The van der Waals surface area contributed by atoms with Crippen LogP contribution in [0.25, 0.3) is 0 Å². The average Bonchev–Trinajstić information content (AvgIpc) is 3.15. The molecule has 0 radical (unpaired) electrons. The van der Waals surface area contributed by atoms with Gasteiger partial charge in [0.05, 0.1) is 18.2 Å². The number of benzene rings is 1. The van der Waals surface area contributed by atoms with Crippen molar-refractivity contribution in [3.8, 4) is 6.07 Å². The molecule has 4 aliphatic rings. The molecule has 5 rings (SSSR count). The second-order valence-corrected chi connectivity index (χ2v) is 10.7. The van der Waals surface area contributed by atoms with Crippen molar-refractivity contribution >= 4 is 17.7 Å². The predicted molar refractivity (Wildman–Crippen MR) is 125 cm³/mol. The molecule has 34 heavy (non-hydrogen) atoms. The first-order valence-corrected chi connectivity index (χ1v) is 12.3. The third-order valence-electron chi connectivity index (χ3n) is 8.19. The van der Waals surface area contributed by atoms with Gasteiger partial charge in [-0.15, -0.1) is 0 Å². The van der Waals surface area contributed by atoms with E-state index in [0.29, 0.717) is 18.0 Å². The van der Waals surface area contributed by atoms with Gasteiger partial charge < -0.3 is 14.7 Å². The van der Waals surface area contributed by atoms with Crippen LogP contribution in [-0.4, -0.2) is 88.7 Å². The lowest BCUT2D eigenvalue weighted by atomic mass is 10.0. The van der Waals surface area contributed by atoms with Crippen LogP contribution in [0.2, 0.25) is 0 Å². The van der Waals surface area contributed by atoms with Gasteiger partial charge in [0.15, 0.2) is 0 Å². The summed E-state index contributed by atoms with van der Waals surface area (Å²) in [7, 11) is 3.46. The van der Waals surface area contributed by atoms with Gasteiger partial charge >= 0.3 is 0 Å². The van der Waals surface area contributed by atoms with Gasteiger partial charge in [-0.1, -0.05) is 19.1 Å². The molecule has 1 aliphatic carbocycles. The van der Waals surface area contributed by atoms with E-state index >= 15 is 0 Å². The fourth-order valence-corrected chi connectivity index (χ4v) is 6.32. The Balaban J connectivity index is 1.24. The molecule has 7 atom stereocenters. The van der Waals surface area contributed by atoms with Gasteiger partial charge in [-0.05, 0) is 49.8 Å². The van der Waals surface area contributed by atoms with E-state index < -0.39 is 0 Å². The Bertz CT molecular complexity index is 1060. The summed E-state index contributed by atoms with van der Waals surface area (Å²) in [5.74, 6) is 0.376. The maximum Gasteiger partial charge on any atom is 0.253 e. The minimum absolute atomic E-state index is 0.0534. The lowest BCUT2D eigenvalue weighted by molar-refractivity contribution is -0.142. The quantitative estimate of drug-likeness (QED) is 0.643. The number of hydrogen-bond donors (Lipinski definition) is 0. The highest BCUT2D eigenvalue weighted by atomic mass is 16.2. The van der Waals surface area contributed by atoms with E-state index in [1.54, 1.807) is 25.1 Å². The van der Waals surface area contributed by atoms with Crippen LogP contribution in [0, 0.1) is 23.2 Å². The molecular weight excluding hydrogens is 430 g/mol. The lowest BCUT2D eigenvalue weighted by Crippen LogP contribution is -2.53. The van der Waals surface area contributed by atoms with Crippen LogP contribution in [0.15, 0.2) is 24.3 Å². The van der Waals surface area contributed by atoms with E-state index in [1.807, 2.05) is 41.8 Å². The van der Waals surface area contributed by atoms with Crippen molar-refractivity contribution in [2.24, 2.45) is 11.8 Å². The Labute approximate surface area is 201 Å². The van der Waals surface area contributed by atoms with Crippen molar-refractivity contribution < 1.29 is 14.4 Å². The maximum absolute atomic E-state index is 13.4. The number of carbonyl (C=O) groups is 3. The second-order valence-electron chi connectivity index (χ2n) is 10.7. The number of nitrogens with zero attached hydrogens (tertiary/aromatic N) is 5. The van der Waals surface area contributed by atoms with E-state index in [-0.39, 0.29) is 53.8 Å². The summed E-state index contributed by atoms with van der Waals surface area (Å²) in [6.45, 7) is 5.25. The third-order valence-corrected chi connectivity index (χ3v) is 8.19. The number of amides is 3. The SMILES string of the molecule is C[C@@H](CN1C[C@@H]2C[C@H]1C(=O)N2[C@@H](C)c1cccc(C(=O)N(C)C)c1)C(=O)N1C2C[C@H]2C[C@H]1C#N. The smallest absolute Gasteiger partial charge is 0.253 e. The molecule has 0 aromatic heterocycles. The van der Waals surface area contributed by atoms with Gasteiger partial charge in [0, 0.05) is 50.7 Å². The predicted octanol–water partition coefficient (Wildman–Crippen LogP) is 1.88. The minimum atomic E-state index is -0.290. The Hall–Kier alpha value is -2.92. The second kappa shape index (κ2) is 8.38. The summed E-state index contributed by atoms with van der Waals surface area (Å²) in [5, 5.41) is 9.43. The number of carbonyl (C=O) groups excluding carboxylic acids is 3. The fourth-order valence-electron chi connectivity index (χ4n) is 6.32.